The van der Waals surface area contributed by atoms with Gasteiger partial charge in [-0.1, -0.05) is 11.8 Å². The SMILES string of the molecule is CC(CC(F)(F)F)NC(=O)c1cncc(C#CCN)c1. The van der Waals surface area contributed by atoms with Crippen LogP contribution in [-0.2, 0) is 0 Å². The molecule has 0 saturated carbocycles. The van der Waals surface area contributed by atoms with E-state index in [9.17, 15) is 18.0 Å². The van der Waals surface area contributed by atoms with Gasteiger partial charge in [-0.25, -0.2) is 0 Å². The molecule has 1 amide bonds. The fraction of sp³-hybridized carbons (Fsp3) is 0.385. The summed E-state index contributed by atoms with van der Waals surface area (Å²) in [6.45, 7) is 1.45. The van der Waals surface area contributed by atoms with Crippen LogP contribution in [0.2, 0.25) is 0 Å². The molecule has 0 aliphatic rings. The molecule has 0 saturated heterocycles. The molecule has 1 rings (SSSR count). The van der Waals surface area contributed by atoms with E-state index in [4.69, 9.17) is 5.73 Å². The molecule has 0 spiro atoms. The topological polar surface area (TPSA) is 68.0 Å². The Kier molecular flexibility index (Phi) is 5.53. The van der Waals surface area contributed by atoms with E-state index in [1.807, 2.05) is 0 Å². The highest BCUT2D eigenvalue weighted by atomic mass is 19.4. The molecule has 108 valence electrons. The highest BCUT2D eigenvalue weighted by Gasteiger charge is 2.30. The number of nitrogens with zero attached hydrogens (tertiary/aromatic N) is 1. The van der Waals surface area contributed by atoms with Gasteiger partial charge < -0.3 is 11.1 Å². The van der Waals surface area contributed by atoms with Gasteiger partial charge in [0.1, 0.15) is 0 Å². The van der Waals surface area contributed by atoms with Crippen LogP contribution in [-0.4, -0.2) is 29.7 Å². The first-order chi connectivity index (χ1) is 9.31. The maximum atomic E-state index is 12.2. The molecule has 4 nitrogen and oxygen atoms in total. The van der Waals surface area contributed by atoms with E-state index < -0.39 is 24.5 Å². The van der Waals surface area contributed by atoms with Crippen LogP contribution >= 0.6 is 0 Å². The van der Waals surface area contributed by atoms with E-state index in [0.29, 0.717) is 5.56 Å². The van der Waals surface area contributed by atoms with Crippen LogP contribution in [0, 0.1) is 11.8 Å². The Morgan fingerprint density at radius 3 is 2.80 bits per heavy atom. The van der Waals surface area contributed by atoms with Crippen LogP contribution in [0.1, 0.15) is 29.3 Å². The van der Waals surface area contributed by atoms with Crippen molar-refractivity contribution >= 4 is 5.91 Å². The van der Waals surface area contributed by atoms with Crippen LogP contribution in [0.4, 0.5) is 13.2 Å². The Balaban J connectivity index is 2.73. The molecule has 20 heavy (non-hydrogen) atoms. The molecular weight excluding hydrogens is 271 g/mol. The zero-order valence-electron chi connectivity index (χ0n) is 10.8. The second-order valence-electron chi connectivity index (χ2n) is 4.16. The summed E-state index contributed by atoms with van der Waals surface area (Å²) in [4.78, 5) is 15.6. The van der Waals surface area contributed by atoms with E-state index in [-0.39, 0.29) is 12.1 Å². The number of nitrogens with two attached hydrogens (primary N) is 1. The van der Waals surface area contributed by atoms with Gasteiger partial charge in [0.2, 0.25) is 0 Å². The fourth-order valence-corrected chi connectivity index (χ4v) is 1.49. The van der Waals surface area contributed by atoms with Gasteiger partial charge in [-0.15, -0.1) is 0 Å². The Morgan fingerprint density at radius 2 is 2.20 bits per heavy atom. The molecular formula is C13H14F3N3O. The zero-order chi connectivity index (χ0) is 15.2. The second-order valence-corrected chi connectivity index (χ2v) is 4.16. The number of carbonyl (C=O) groups is 1. The van der Waals surface area contributed by atoms with Crippen LogP contribution in [0.5, 0.6) is 0 Å². The molecule has 0 aliphatic heterocycles. The van der Waals surface area contributed by atoms with Crippen LogP contribution in [0.25, 0.3) is 0 Å². The number of carbonyl (C=O) groups excluding carboxylic acids is 1. The number of hydrogen-bond donors (Lipinski definition) is 2. The number of pyridine rings is 1. The highest BCUT2D eigenvalue weighted by molar-refractivity contribution is 5.94. The van der Waals surface area contributed by atoms with E-state index in [2.05, 4.69) is 22.1 Å². The first-order valence-corrected chi connectivity index (χ1v) is 5.83. The third-order valence-corrected chi connectivity index (χ3v) is 2.25. The van der Waals surface area contributed by atoms with Crippen molar-refractivity contribution in [3.05, 3.63) is 29.6 Å². The first-order valence-electron chi connectivity index (χ1n) is 5.83. The Bertz CT molecular complexity index is 532. The standard InChI is InChI=1S/C13H14F3N3O/c1-9(6-13(14,15)16)19-12(20)11-5-10(3-2-4-17)7-18-8-11/h5,7-9H,4,6,17H2,1H3,(H,19,20). The number of halogens is 3. The smallest absolute Gasteiger partial charge is 0.349 e. The average Bonchev–Trinajstić information content (AvgIpc) is 2.34. The lowest BCUT2D eigenvalue weighted by Gasteiger charge is -2.15. The number of nitrogens with one attached hydrogen (secondary N) is 1. The molecule has 0 aliphatic carbocycles. The van der Waals surface area contributed by atoms with Crippen molar-refractivity contribution in [2.45, 2.75) is 25.6 Å². The third kappa shape index (κ3) is 5.71. The summed E-state index contributed by atoms with van der Waals surface area (Å²) in [5, 5.41) is 2.26. The lowest BCUT2D eigenvalue weighted by atomic mass is 10.1. The van der Waals surface area contributed by atoms with Crippen molar-refractivity contribution in [2.24, 2.45) is 5.73 Å². The largest absolute Gasteiger partial charge is 0.391 e. The molecule has 7 heteroatoms. The van der Waals surface area contributed by atoms with Gasteiger partial charge in [0, 0.05) is 24.0 Å². The number of aromatic nitrogens is 1. The van der Waals surface area contributed by atoms with Gasteiger partial charge in [-0.2, -0.15) is 13.2 Å². The van der Waals surface area contributed by atoms with Gasteiger partial charge in [-0.05, 0) is 13.0 Å². The maximum absolute atomic E-state index is 12.2. The van der Waals surface area contributed by atoms with Gasteiger partial charge in [0.15, 0.2) is 0 Å². The van der Waals surface area contributed by atoms with Crippen molar-refractivity contribution in [3.8, 4) is 11.8 Å². The summed E-state index contributed by atoms with van der Waals surface area (Å²) in [6, 6.07) is 0.437. The molecule has 0 bridgehead atoms. The van der Waals surface area contributed by atoms with Gasteiger partial charge in [-0.3, -0.25) is 9.78 Å². The summed E-state index contributed by atoms with van der Waals surface area (Å²) < 4.78 is 36.5. The van der Waals surface area contributed by atoms with Gasteiger partial charge in [0.05, 0.1) is 18.5 Å². The Hall–Kier alpha value is -2.07. The summed E-state index contributed by atoms with van der Waals surface area (Å²) in [7, 11) is 0. The van der Waals surface area contributed by atoms with Crippen molar-refractivity contribution in [1.29, 1.82) is 0 Å². The summed E-state index contributed by atoms with van der Waals surface area (Å²) in [5.74, 6) is 4.67. The fourth-order valence-electron chi connectivity index (χ4n) is 1.49. The quantitative estimate of drug-likeness (QED) is 0.826. The van der Waals surface area contributed by atoms with Gasteiger partial charge >= 0.3 is 6.18 Å². The number of alkyl halides is 3. The minimum atomic E-state index is -4.32. The molecule has 3 N–H and O–H groups in total. The monoisotopic (exact) mass is 285 g/mol. The Labute approximate surface area is 114 Å². The lowest BCUT2D eigenvalue weighted by molar-refractivity contribution is -0.138. The number of hydrogen-bond acceptors (Lipinski definition) is 3. The van der Waals surface area contributed by atoms with Gasteiger partial charge in [0.25, 0.3) is 5.91 Å². The van der Waals surface area contributed by atoms with Crippen molar-refractivity contribution in [3.63, 3.8) is 0 Å². The summed E-state index contributed by atoms with van der Waals surface area (Å²) in [5.41, 5.74) is 5.85. The highest BCUT2D eigenvalue weighted by Crippen LogP contribution is 2.21. The van der Waals surface area contributed by atoms with Crippen LogP contribution < -0.4 is 11.1 Å². The molecule has 1 aromatic heterocycles. The average molecular weight is 285 g/mol. The Morgan fingerprint density at radius 1 is 1.50 bits per heavy atom. The molecule has 1 heterocycles. The van der Waals surface area contributed by atoms with Crippen molar-refractivity contribution < 1.29 is 18.0 Å². The molecule has 1 unspecified atom stereocenters. The molecule has 0 aromatic carbocycles. The normalized spacial score (nSPS) is 12.2. The third-order valence-electron chi connectivity index (χ3n) is 2.25. The van der Waals surface area contributed by atoms with E-state index in [1.165, 1.54) is 25.4 Å². The van der Waals surface area contributed by atoms with E-state index >= 15 is 0 Å². The molecule has 0 radical (unpaired) electrons. The summed E-state index contributed by atoms with van der Waals surface area (Å²) >= 11 is 0. The first kappa shape index (κ1) is 16.0. The zero-order valence-corrected chi connectivity index (χ0v) is 10.8. The van der Waals surface area contributed by atoms with Crippen LogP contribution in [0.15, 0.2) is 18.5 Å². The summed E-state index contributed by atoms with van der Waals surface area (Å²) in [6.07, 6.45) is -2.69. The van der Waals surface area contributed by atoms with Crippen molar-refractivity contribution in [2.75, 3.05) is 6.54 Å². The van der Waals surface area contributed by atoms with Crippen molar-refractivity contribution in [1.82, 2.24) is 10.3 Å². The lowest BCUT2D eigenvalue weighted by Crippen LogP contribution is -2.36. The minimum absolute atomic E-state index is 0.155. The van der Waals surface area contributed by atoms with E-state index in [1.54, 1.807) is 0 Å². The molecule has 0 fully saturated rings. The van der Waals surface area contributed by atoms with Crippen LogP contribution in [0.3, 0.4) is 0 Å². The molecule has 1 aromatic rings. The maximum Gasteiger partial charge on any atom is 0.391 e. The second kappa shape index (κ2) is 6.91. The number of rotatable bonds is 3. The predicted octanol–water partition coefficient (Wildman–Crippen LogP) is 1.46. The number of amides is 1. The van der Waals surface area contributed by atoms with E-state index in [0.717, 1.165) is 0 Å². The minimum Gasteiger partial charge on any atom is -0.349 e. The molecule has 1 atom stereocenters. The predicted molar refractivity (Wildman–Crippen MR) is 67.8 cm³/mol.